The van der Waals surface area contributed by atoms with Crippen LogP contribution in [0.5, 0.6) is 0 Å². The number of nitrogens with zero attached hydrogens (tertiary/aromatic N) is 2. The zero-order valence-corrected chi connectivity index (χ0v) is 12.2. The molecule has 1 aromatic carbocycles. The van der Waals surface area contributed by atoms with Crippen molar-refractivity contribution in [3.05, 3.63) is 53.1 Å². The molecule has 4 atom stereocenters. The van der Waals surface area contributed by atoms with Crippen molar-refractivity contribution in [2.45, 2.75) is 43.5 Å². The van der Waals surface area contributed by atoms with Crippen LogP contribution in [-0.4, -0.2) is 27.0 Å². The highest BCUT2D eigenvalue weighted by Gasteiger charge is 2.44. The second-order valence-corrected chi connectivity index (χ2v) is 6.20. The van der Waals surface area contributed by atoms with E-state index in [2.05, 4.69) is 10.4 Å². The van der Waals surface area contributed by atoms with Gasteiger partial charge in [0.2, 0.25) is 0 Å². The first kappa shape index (κ1) is 14.7. The van der Waals surface area contributed by atoms with Crippen molar-refractivity contribution in [2.75, 3.05) is 0 Å². The summed E-state index contributed by atoms with van der Waals surface area (Å²) in [7, 11) is 0. The molecule has 1 saturated carbocycles. The highest BCUT2D eigenvalue weighted by Crippen LogP contribution is 2.39. The Morgan fingerprint density at radius 1 is 1.26 bits per heavy atom. The summed E-state index contributed by atoms with van der Waals surface area (Å²) in [6.07, 6.45) is 4.46. The molecule has 7 heteroatoms. The molecule has 23 heavy (non-hydrogen) atoms. The third kappa shape index (κ3) is 2.26. The van der Waals surface area contributed by atoms with Crippen molar-refractivity contribution in [3.63, 3.8) is 0 Å². The van der Waals surface area contributed by atoms with Crippen molar-refractivity contribution < 1.29 is 18.3 Å². The molecule has 0 aliphatic heterocycles. The average Bonchev–Trinajstić information content (AvgIpc) is 3.14. The molecule has 0 spiro atoms. The monoisotopic (exact) mass is 323 g/mol. The molecule has 0 radical (unpaired) electrons. The Hall–Kier alpha value is -1.86. The maximum absolute atomic E-state index is 14.1. The molecule has 1 aromatic heterocycles. The van der Waals surface area contributed by atoms with E-state index in [-0.39, 0.29) is 23.7 Å². The minimum Gasteiger partial charge on any atom is -0.391 e. The molecular formula is C16H16F3N3O. The van der Waals surface area contributed by atoms with Crippen LogP contribution in [0, 0.1) is 17.5 Å². The summed E-state index contributed by atoms with van der Waals surface area (Å²) in [4.78, 5) is 0. The summed E-state index contributed by atoms with van der Waals surface area (Å²) in [6.45, 7) is 0. The Kier molecular flexibility index (Phi) is 3.42. The molecule has 1 heterocycles. The first-order chi connectivity index (χ1) is 11.1. The van der Waals surface area contributed by atoms with Gasteiger partial charge < -0.3 is 10.4 Å². The van der Waals surface area contributed by atoms with Gasteiger partial charge in [-0.15, -0.1) is 0 Å². The van der Waals surface area contributed by atoms with E-state index < -0.39 is 23.6 Å². The van der Waals surface area contributed by atoms with E-state index >= 15 is 0 Å². The van der Waals surface area contributed by atoms with Crippen LogP contribution in [0.25, 0.3) is 0 Å². The summed E-state index contributed by atoms with van der Waals surface area (Å²) in [5.74, 6) is -3.67. The fraction of sp³-hybridized carbons (Fsp3) is 0.438. The SMILES string of the molecule is O[C@@H]1C[C@H](NC2CCc3cc(F)c(F)c(F)c32)[C@H]1n1cccn1. The molecular weight excluding hydrogens is 307 g/mol. The van der Waals surface area contributed by atoms with Gasteiger partial charge in [0, 0.05) is 30.0 Å². The first-order valence-electron chi connectivity index (χ1n) is 7.65. The Morgan fingerprint density at radius 2 is 2.09 bits per heavy atom. The van der Waals surface area contributed by atoms with Crippen LogP contribution >= 0.6 is 0 Å². The highest BCUT2D eigenvalue weighted by molar-refractivity contribution is 5.37. The number of aromatic nitrogens is 2. The van der Waals surface area contributed by atoms with Crippen LogP contribution in [0.3, 0.4) is 0 Å². The van der Waals surface area contributed by atoms with Gasteiger partial charge in [-0.2, -0.15) is 5.10 Å². The van der Waals surface area contributed by atoms with Gasteiger partial charge in [0.1, 0.15) is 0 Å². The van der Waals surface area contributed by atoms with Crippen molar-refractivity contribution in [1.82, 2.24) is 15.1 Å². The van der Waals surface area contributed by atoms with E-state index in [4.69, 9.17) is 0 Å². The Morgan fingerprint density at radius 3 is 2.78 bits per heavy atom. The predicted octanol–water partition coefficient (Wildman–Crippen LogP) is 2.25. The van der Waals surface area contributed by atoms with Crippen LogP contribution in [-0.2, 0) is 6.42 Å². The lowest BCUT2D eigenvalue weighted by molar-refractivity contribution is -0.0118. The molecule has 4 nitrogen and oxygen atoms in total. The zero-order valence-electron chi connectivity index (χ0n) is 12.2. The molecule has 0 amide bonds. The Bertz CT molecular complexity index is 735. The van der Waals surface area contributed by atoms with Crippen LogP contribution < -0.4 is 5.32 Å². The van der Waals surface area contributed by atoms with Crippen molar-refractivity contribution in [1.29, 1.82) is 0 Å². The second-order valence-electron chi connectivity index (χ2n) is 6.20. The van der Waals surface area contributed by atoms with Gasteiger partial charge in [-0.05, 0) is 37.0 Å². The van der Waals surface area contributed by atoms with E-state index in [9.17, 15) is 18.3 Å². The van der Waals surface area contributed by atoms with Gasteiger partial charge in [-0.1, -0.05) is 0 Å². The van der Waals surface area contributed by atoms with Crippen LogP contribution in [0.2, 0.25) is 0 Å². The molecule has 122 valence electrons. The summed E-state index contributed by atoms with van der Waals surface area (Å²) < 4.78 is 42.6. The van der Waals surface area contributed by atoms with Gasteiger partial charge in [-0.25, -0.2) is 13.2 Å². The van der Waals surface area contributed by atoms with Gasteiger partial charge in [0.25, 0.3) is 0 Å². The molecule has 0 saturated heterocycles. The maximum Gasteiger partial charge on any atom is 0.194 e. The summed E-state index contributed by atoms with van der Waals surface area (Å²) >= 11 is 0. The van der Waals surface area contributed by atoms with Gasteiger partial charge >= 0.3 is 0 Å². The first-order valence-corrected chi connectivity index (χ1v) is 7.65. The predicted molar refractivity (Wildman–Crippen MR) is 76.2 cm³/mol. The topological polar surface area (TPSA) is 50.1 Å². The fourth-order valence-electron chi connectivity index (χ4n) is 3.71. The largest absolute Gasteiger partial charge is 0.391 e. The minimum absolute atomic E-state index is 0.0895. The summed E-state index contributed by atoms with van der Waals surface area (Å²) in [5, 5.41) is 17.4. The van der Waals surface area contributed by atoms with Gasteiger partial charge in [0.15, 0.2) is 17.5 Å². The lowest BCUT2D eigenvalue weighted by Crippen LogP contribution is -2.55. The lowest BCUT2D eigenvalue weighted by atomic mass is 9.82. The number of aliphatic hydroxyl groups excluding tert-OH is 1. The van der Waals surface area contributed by atoms with E-state index in [0.717, 1.165) is 6.07 Å². The zero-order chi connectivity index (χ0) is 16.1. The molecule has 2 aromatic rings. The molecule has 1 fully saturated rings. The number of aliphatic hydroxyl groups is 1. The number of halogens is 3. The molecule has 2 aliphatic rings. The van der Waals surface area contributed by atoms with E-state index in [0.29, 0.717) is 24.8 Å². The Balaban J connectivity index is 1.57. The number of aryl methyl sites for hydroxylation is 1. The Labute approximate surface area is 130 Å². The van der Waals surface area contributed by atoms with Crippen LogP contribution in [0.1, 0.15) is 36.1 Å². The highest BCUT2D eigenvalue weighted by atomic mass is 19.2. The van der Waals surface area contributed by atoms with Crippen molar-refractivity contribution >= 4 is 0 Å². The molecule has 4 rings (SSSR count). The smallest absolute Gasteiger partial charge is 0.194 e. The number of nitrogens with one attached hydrogen (secondary N) is 1. The fourth-order valence-corrected chi connectivity index (χ4v) is 3.71. The van der Waals surface area contributed by atoms with Gasteiger partial charge in [-0.3, -0.25) is 4.68 Å². The van der Waals surface area contributed by atoms with Crippen LogP contribution in [0.4, 0.5) is 13.2 Å². The van der Waals surface area contributed by atoms with E-state index in [1.54, 1.807) is 23.1 Å². The van der Waals surface area contributed by atoms with Crippen LogP contribution in [0.15, 0.2) is 24.5 Å². The van der Waals surface area contributed by atoms with E-state index in [1.165, 1.54) is 0 Å². The number of hydrogen-bond donors (Lipinski definition) is 2. The molecule has 2 N–H and O–H groups in total. The standard InChI is InChI=1S/C16H16F3N3O/c17-9-6-8-2-3-10(13(8)15(19)14(9)18)21-11-7-12(23)16(11)22-5-1-4-20-22/h1,4-6,10-12,16,21,23H,2-3,7H2/t10?,11-,12+,16+/m0/s1. The average molecular weight is 323 g/mol. The second kappa shape index (κ2) is 5.35. The normalized spacial score (nSPS) is 29.4. The maximum atomic E-state index is 14.1. The summed E-state index contributed by atoms with van der Waals surface area (Å²) in [6, 6.07) is 2.15. The molecule has 0 bridgehead atoms. The van der Waals surface area contributed by atoms with E-state index in [1.807, 2.05) is 0 Å². The number of rotatable bonds is 3. The van der Waals surface area contributed by atoms with Gasteiger partial charge in [0.05, 0.1) is 12.1 Å². The van der Waals surface area contributed by atoms with Crippen molar-refractivity contribution in [2.24, 2.45) is 0 Å². The number of hydrogen-bond acceptors (Lipinski definition) is 3. The minimum atomic E-state index is -1.42. The summed E-state index contributed by atoms with van der Waals surface area (Å²) in [5.41, 5.74) is 0.721. The third-order valence-electron chi connectivity index (χ3n) is 4.88. The van der Waals surface area contributed by atoms with Crippen molar-refractivity contribution in [3.8, 4) is 0 Å². The molecule has 1 unspecified atom stereocenters. The quantitative estimate of drug-likeness (QED) is 0.852. The third-order valence-corrected chi connectivity index (χ3v) is 4.88. The lowest BCUT2D eigenvalue weighted by Gasteiger charge is -2.43. The number of fused-ring (bicyclic) bond motifs is 1. The number of benzene rings is 1. The molecule has 2 aliphatic carbocycles.